The lowest BCUT2D eigenvalue weighted by Gasteiger charge is -2.32. The van der Waals surface area contributed by atoms with Crippen LogP contribution in [0.3, 0.4) is 0 Å². The summed E-state index contributed by atoms with van der Waals surface area (Å²) in [5.74, 6) is -0.365. The molecule has 1 aromatic carbocycles. The number of nitrogens with zero attached hydrogens (tertiary/aromatic N) is 1. The number of carbonyl (C=O) groups excluding carboxylic acids is 2. The molecule has 0 saturated carbocycles. The zero-order valence-corrected chi connectivity index (χ0v) is 15.1. The number of benzene rings is 1. The molecule has 138 valence electrons. The van der Waals surface area contributed by atoms with Gasteiger partial charge in [-0.3, -0.25) is 9.59 Å². The molecule has 0 unspecified atom stereocenters. The predicted molar refractivity (Wildman–Crippen MR) is 91.3 cm³/mol. The van der Waals surface area contributed by atoms with Crippen molar-refractivity contribution in [3.05, 3.63) is 24.3 Å². The van der Waals surface area contributed by atoms with Crippen LogP contribution in [-0.2, 0) is 19.6 Å². The maximum Gasteiger partial charge on any atom is 0.241 e. The number of primary amides is 1. The predicted octanol–water partition coefficient (Wildman–Crippen LogP) is 0.0859. The molecule has 1 aromatic rings. The van der Waals surface area contributed by atoms with E-state index in [1.807, 2.05) is 0 Å². The van der Waals surface area contributed by atoms with Crippen molar-refractivity contribution in [2.45, 2.75) is 30.7 Å². The van der Waals surface area contributed by atoms with E-state index >= 15 is 0 Å². The number of hydrogen-bond acceptors (Lipinski definition) is 5. The Kier molecular flexibility index (Phi) is 6.02. The minimum atomic E-state index is -3.82. The van der Waals surface area contributed by atoms with E-state index in [-0.39, 0.29) is 22.6 Å². The summed E-state index contributed by atoms with van der Waals surface area (Å²) in [5, 5.41) is 0. The van der Waals surface area contributed by atoms with Gasteiger partial charge in [0.25, 0.3) is 0 Å². The molecule has 1 atom stereocenters. The highest BCUT2D eigenvalue weighted by molar-refractivity contribution is 7.89. The lowest BCUT2D eigenvalue weighted by Crippen LogP contribution is -2.50. The third kappa shape index (κ3) is 4.70. The summed E-state index contributed by atoms with van der Waals surface area (Å²) in [4.78, 5) is 25.2. The Bertz CT molecular complexity index is 725. The number of ether oxygens (including phenoxy) is 1. The smallest absolute Gasteiger partial charge is 0.241 e. The standard InChI is InChI=1S/C16H23N3O5S/c1-11(16(21)19-9-7-12(8-10-19)15(17)20)18-25(22,23)14-5-3-13(24-2)4-6-14/h3-6,11-12,18H,7-10H2,1-2H3,(H2,17,20)/t11-/m1/s1. The summed E-state index contributed by atoms with van der Waals surface area (Å²) in [6.07, 6.45) is 0.998. The molecule has 8 nitrogen and oxygen atoms in total. The monoisotopic (exact) mass is 369 g/mol. The van der Waals surface area contributed by atoms with Crippen molar-refractivity contribution < 1.29 is 22.7 Å². The molecule has 1 aliphatic rings. The van der Waals surface area contributed by atoms with Gasteiger partial charge < -0.3 is 15.4 Å². The van der Waals surface area contributed by atoms with E-state index < -0.39 is 16.1 Å². The molecule has 0 aliphatic carbocycles. The molecule has 0 bridgehead atoms. The number of hydrogen-bond donors (Lipinski definition) is 2. The zero-order valence-electron chi connectivity index (χ0n) is 14.3. The molecule has 2 amide bonds. The summed E-state index contributed by atoms with van der Waals surface area (Å²) in [7, 11) is -2.33. The van der Waals surface area contributed by atoms with Crippen LogP contribution in [0, 0.1) is 5.92 Å². The minimum absolute atomic E-state index is 0.0559. The first kappa shape index (κ1) is 19.2. The number of likely N-dealkylation sites (tertiary alicyclic amines) is 1. The van der Waals surface area contributed by atoms with Gasteiger partial charge in [-0.2, -0.15) is 4.72 Å². The Hall–Kier alpha value is -2.13. The number of carbonyl (C=O) groups is 2. The fourth-order valence-corrected chi connectivity index (χ4v) is 3.96. The summed E-state index contributed by atoms with van der Waals surface area (Å²) in [6.45, 7) is 2.28. The number of nitrogens with one attached hydrogen (secondary N) is 1. The van der Waals surface area contributed by atoms with Crippen molar-refractivity contribution in [2.24, 2.45) is 11.7 Å². The number of rotatable bonds is 6. The van der Waals surface area contributed by atoms with Crippen LogP contribution in [0.5, 0.6) is 5.75 Å². The van der Waals surface area contributed by atoms with Crippen LogP contribution >= 0.6 is 0 Å². The minimum Gasteiger partial charge on any atom is -0.497 e. The molecular formula is C16H23N3O5S. The van der Waals surface area contributed by atoms with Gasteiger partial charge >= 0.3 is 0 Å². The largest absolute Gasteiger partial charge is 0.497 e. The van der Waals surface area contributed by atoms with Crippen molar-refractivity contribution in [3.63, 3.8) is 0 Å². The molecule has 25 heavy (non-hydrogen) atoms. The van der Waals surface area contributed by atoms with Crippen molar-refractivity contribution in [2.75, 3.05) is 20.2 Å². The molecule has 0 aromatic heterocycles. The fraction of sp³-hybridized carbons (Fsp3) is 0.500. The molecule has 1 fully saturated rings. The SMILES string of the molecule is COc1ccc(S(=O)(=O)N[C@H](C)C(=O)N2CCC(C(N)=O)CC2)cc1. The van der Waals surface area contributed by atoms with Crippen LogP contribution in [0.1, 0.15) is 19.8 Å². The topological polar surface area (TPSA) is 119 Å². The first-order chi connectivity index (χ1) is 11.7. The van der Waals surface area contributed by atoms with Gasteiger partial charge in [0.1, 0.15) is 5.75 Å². The van der Waals surface area contributed by atoms with Gasteiger partial charge in [-0.1, -0.05) is 0 Å². The third-order valence-electron chi connectivity index (χ3n) is 4.28. The van der Waals surface area contributed by atoms with Gasteiger partial charge in [0.2, 0.25) is 21.8 Å². The van der Waals surface area contributed by atoms with Crippen molar-refractivity contribution in [3.8, 4) is 5.75 Å². The van der Waals surface area contributed by atoms with E-state index in [1.54, 1.807) is 4.90 Å². The molecule has 1 heterocycles. The first-order valence-electron chi connectivity index (χ1n) is 7.99. The second-order valence-electron chi connectivity index (χ2n) is 6.02. The average Bonchev–Trinajstić information content (AvgIpc) is 2.60. The highest BCUT2D eigenvalue weighted by atomic mass is 32.2. The zero-order chi connectivity index (χ0) is 18.6. The van der Waals surface area contributed by atoms with Gasteiger partial charge in [-0.05, 0) is 44.0 Å². The molecule has 1 aliphatic heterocycles. The maximum atomic E-state index is 12.4. The summed E-state index contributed by atoms with van der Waals surface area (Å²) >= 11 is 0. The first-order valence-corrected chi connectivity index (χ1v) is 9.47. The third-order valence-corrected chi connectivity index (χ3v) is 5.84. The van der Waals surface area contributed by atoms with Gasteiger partial charge in [0, 0.05) is 19.0 Å². The Morgan fingerprint density at radius 2 is 1.80 bits per heavy atom. The van der Waals surface area contributed by atoms with Crippen molar-refractivity contribution >= 4 is 21.8 Å². The van der Waals surface area contributed by atoms with Gasteiger partial charge in [0.05, 0.1) is 18.0 Å². The van der Waals surface area contributed by atoms with Gasteiger partial charge in [-0.25, -0.2) is 8.42 Å². The van der Waals surface area contributed by atoms with E-state index in [9.17, 15) is 18.0 Å². The molecular weight excluding hydrogens is 346 g/mol. The Labute approximate surface area is 147 Å². The Morgan fingerprint density at radius 1 is 1.24 bits per heavy atom. The molecule has 1 saturated heterocycles. The number of methoxy groups -OCH3 is 1. The van der Waals surface area contributed by atoms with E-state index in [0.29, 0.717) is 31.7 Å². The second kappa shape index (κ2) is 7.83. The quantitative estimate of drug-likeness (QED) is 0.736. The number of sulfonamides is 1. The molecule has 0 spiro atoms. The van der Waals surface area contributed by atoms with Gasteiger partial charge in [0.15, 0.2) is 0 Å². The highest BCUT2D eigenvalue weighted by Gasteiger charge is 2.30. The van der Waals surface area contributed by atoms with Crippen LogP contribution < -0.4 is 15.2 Å². The molecule has 2 rings (SSSR count). The number of piperidine rings is 1. The van der Waals surface area contributed by atoms with Gasteiger partial charge in [-0.15, -0.1) is 0 Å². The molecule has 0 radical (unpaired) electrons. The van der Waals surface area contributed by atoms with Crippen LogP contribution in [0.25, 0.3) is 0 Å². The van der Waals surface area contributed by atoms with E-state index in [2.05, 4.69) is 4.72 Å². The van der Waals surface area contributed by atoms with Crippen molar-refractivity contribution in [1.82, 2.24) is 9.62 Å². The number of nitrogens with two attached hydrogens (primary N) is 1. The van der Waals surface area contributed by atoms with E-state index in [1.165, 1.54) is 38.3 Å². The molecule has 3 N–H and O–H groups in total. The Morgan fingerprint density at radius 3 is 2.28 bits per heavy atom. The van der Waals surface area contributed by atoms with Crippen molar-refractivity contribution in [1.29, 1.82) is 0 Å². The average molecular weight is 369 g/mol. The normalized spacial score (nSPS) is 17.1. The van der Waals surface area contributed by atoms with Crippen LogP contribution in [0.4, 0.5) is 0 Å². The maximum absolute atomic E-state index is 12.4. The number of amides is 2. The van der Waals surface area contributed by atoms with Crippen LogP contribution in [0.15, 0.2) is 29.2 Å². The second-order valence-corrected chi connectivity index (χ2v) is 7.73. The lowest BCUT2D eigenvalue weighted by molar-refractivity contribution is -0.136. The summed E-state index contributed by atoms with van der Waals surface area (Å²) in [6, 6.07) is 5.00. The van der Waals surface area contributed by atoms with E-state index in [4.69, 9.17) is 10.5 Å². The lowest BCUT2D eigenvalue weighted by atomic mass is 9.96. The molecule has 9 heteroatoms. The Balaban J connectivity index is 1.99. The fourth-order valence-electron chi connectivity index (χ4n) is 2.76. The summed E-state index contributed by atoms with van der Waals surface area (Å²) < 4.78 is 32.2. The summed E-state index contributed by atoms with van der Waals surface area (Å²) in [5.41, 5.74) is 5.27. The highest BCUT2D eigenvalue weighted by Crippen LogP contribution is 2.19. The van der Waals surface area contributed by atoms with E-state index in [0.717, 1.165) is 0 Å². The van der Waals surface area contributed by atoms with Crippen LogP contribution in [0.2, 0.25) is 0 Å². The van der Waals surface area contributed by atoms with Crippen LogP contribution in [-0.4, -0.2) is 51.4 Å².